The summed E-state index contributed by atoms with van der Waals surface area (Å²) in [4.78, 5) is 12.9. The zero-order valence-corrected chi connectivity index (χ0v) is 10.6. The molecule has 0 aromatic heterocycles. The minimum atomic E-state index is -0.302. The van der Waals surface area contributed by atoms with Gasteiger partial charge in [-0.3, -0.25) is 4.79 Å². The molecule has 4 heteroatoms. The van der Waals surface area contributed by atoms with Gasteiger partial charge in [0, 0.05) is 18.8 Å². The van der Waals surface area contributed by atoms with Gasteiger partial charge >= 0.3 is 0 Å². The van der Waals surface area contributed by atoms with Crippen molar-refractivity contribution < 1.29 is 4.79 Å². The molecule has 0 saturated heterocycles. The Morgan fingerprint density at radius 1 is 1.29 bits per heavy atom. The van der Waals surface area contributed by atoms with E-state index in [1.807, 2.05) is 24.0 Å². The van der Waals surface area contributed by atoms with Gasteiger partial charge in [0.05, 0.1) is 6.54 Å². The molecule has 0 spiro atoms. The average Bonchev–Trinajstić information content (AvgIpc) is 2.34. The molecule has 0 aliphatic carbocycles. The number of primary amides is 1. The Bertz CT molecular complexity index is 348. The van der Waals surface area contributed by atoms with Crippen molar-refractivity contribution in [2.45, 2.75) is 20.4 Å². The van der Waals surface area contributed by atoms with Crippen LogP contribution in [0.5, 0.6) is 0 Å². The largest absolute Gasteiger partial charge is 0.368 e. The van der Waals surface area contributed by atoms with E-state index in [-0.39, 0.29) is 12.5 Å². The molecule has 94 valence electrons. The van der Waals surface area contributed by atoms with Crippen LogP contribution in [0.15, 0.2) is 24.3 Å². The molecule has 0 unspecified atom stereocenters. The van der Waals surface area contributed by atoms with Crippen molar-refractivity contribution in [3.8, 4) is 0 Å². The van der Waals surface area contributed by atoms with E-state index in [4.69, 9.17) is 5.73 Å². The van der Waals surface area contributed by atoms with Crippen LogP contribution in [0.1, 0.15) is 19.4 Å². The predicted octanol–water partition coefficient (Wildman–Crippen LogP) is 1.11. The Morgan fingerprint density at radius 2 is 1.94 bits per heavy atom. The molecular weight excluding hydrogens is 214 g/mol. The minimum Gasteiger partial charge on any atom is -0.368 e. The van der Waals surface area contributed by atoms with Gasteiger partial charge in [-0.2, -0.15) is 0 Å². The Morgan fingerprint density at radius 3 is 2.41 bits per heavy atom. The van der Waals surface area contributed by atoms with Crippen LogP contribution < -0.4 is 16.0 Å². The second-order valence-corrected chi connectivity index (χ2v) is 3.93. The number of carbonyl (C=O) groups excluding carboxylic acids is 1. The third kappa shape index (κ3) is 4.44. The first-order chi connectivity index (χ1) is 8.17. The van der Waals surface area contributed by atoms with E-state index in [0.29, 0.717) is 0 Å². The highest BCUT2D eigenvalue weighted by atomic mass is 16.1. The molecule has 1 aromatic carbocycles. The van der Waals surface area contributed by atoms with Crippen molar-refractivity contribution in [3.63, 3.8) is 0 Å². The normalized spacial score (nSPS) is 10.2. The molecule has 4 nitrogen and oxygen atoms in total. The molecule has 1 amide bonds. The fraction of sp³-hybridized carbons (Fsp3) is 0.462. The lowest BCUT2D eigenvalue weighted by molar-refractivity contribution is -0.116. The highest BCUT2D eigenvalue weighted by Crippen LogP contribution is 2.14. The van der Waals surface area contributed by atoms with Crippen LogP contribution in [0, 0.1) is 0 Å². The number of nitrogens with one attached hydrogen (secondary N) is 1. The minimum absolute atomic E-state index is 0.267. The Kier molecular flexibility index (Phi) is 5.49. The summed E-state index contributed by atoms with van der Waals surface area (Å²) < 4.78 is 0. The van der Waals surface area contributed by atoms with E-state index in [0.717, 1.165) is 25.3 Å². The summed E-state index contributed by atoms with van der Waals surface area (Å²) in [6.45, 7) is 6.97. The number of likely N-dealkylation sites (N-methyl/N-ethyl adjacent to an activating group) is 1. The summed E-state index contributed by atoms with van der Waals surface area (Å²) in [6, 6.07) is 8.20. The van der Waals surface area contributed by atoms with Gasteiger partial charge < -0.3 is 16.0 Å². The first-order valence-electron chi connectivity index (χ1n) is 6.00. The molecule has 0 aliphatic heterocycles. The van der Waals surface area contributed by atoms with Crippen molar-refractivity contribution in [1.82, 2.24) is 5.32 Å². The third-order valence-electron chi connectivity index (χ3n) is 2.61. The first kappa shape index (κ1) is 13.5. The van der Waals surface area contributed by atoms with E-state index in [1.54, 1.807) is 0 Å². The molecule has 0 radical (unpaired) electrons. The molecule has 3 N–H and O–H groups in total. The molecule has 0 fully saturated rings. The van der Waals surface area contributed by atoms with Gasteiger partial charge in [-0.25, -0.2) is 0 Å². The number of anilines is 1. The number of amides is 1. The van der Waals surface area contributed by atoms with E-state index < -0.39 is 0 Å². The molecule has 0 heterocycles. The summed E-state index contributed by atoms with van der Waals surface area (Å²) in [5.41, 5.74) is 7.49. The zero-order chi connectivity index (χ0) is 12.7. The van der Waals surface area contributed by atoms with Gasteiger partial charge in [0.1, 0.15) is 0 Å². The van der Waals surface area contributed by atoms with Gasteiger partial charge in [-0.15, -0.1) is 0 Å². The quantitative estimate of drug-likeness (QED) is 0.744. The number of hydrogen-bond donors (Lipinski definition) is 2. The van der Waals surface area contributed by atoms with Crippen molar-refractivity contribution >= 4 is 11.6 Å². The zero-order valence-electron chi connectivity index (χ0n) is 10.6. The second-order valence-electron chi connectivity index (χ2n) is 3.93. The SMILES string of the molecule is CCNCc1ccc(N(CC)CC(N)=O)cc1. The lowest BCUT2D eigenvalue weighted by Crippen LogP contribution is -2.33. The van der Waals surface area contributed by atoms with Crippen molar-refractivity contribution in [1.29, 1.82) is 0 Å². The summed E-state index contributed by atoms with van der Waals surface area (Å²) in [5.74, 6) is -0.302. The van der Waals surface area contributed by atoms with E-state index in [9.17, 15) is 4.79 Å². The van der Waals surface area contributed by atoms with E-state index >= 15 is 0 Å². The number of hydrogen-bond acceptors (Lipinski definition) is 3. The highest BCUT2D eigenvalue weighted by molar-refractivity contribution is 5.79. The number of nitrogens with zero attached hydrogens (tertiary/aromatic N) is 1. The molecule has 0 bridgehead atoms. The number of nitrogens with two attached hydrogens (primary N) is 1. The van der Waals surface area contributed by atoms with E-state index in [2.05, 4.69) is 24.4 Å². The van der Waals surface area contributed by atoms with Crippen LogP contribution in [-0.2, 0) is 11.3 Å². The maximum atomic E-state index is 10.9. The maximum Gasteiger partial charge on any atom is 0.236 e. The molecule has 0 aliphatic rings. The monoisotopic (exact) mass is 235 g/mol. The van der Waals surface area contributed by atoms with Crippen LogP contribution in [0.25, 0.3) is 0 Å². The first-order valence-corrected chi connectivity index (χ1v) is 6.00. The molecular formula is C13H21N3O. The standard InChI is InChI=1S/C13H21N3O/c1-3-15-9-11-5-7-12(8-6-11)16(4-2)10-13(14)17/h5-8,15H,3-4,9-10H2,1-2H3,(H2,14,17). The molecule has 1 rings (SSSR count). The smallest absolute Gasteiger partial charge is 0.236 e. The van der Waals surface area contributed by atoms with Crippen molar-refractivity contribution in [2.24, 2.45) is 5.73 Å². The fourth-order valence-electron chi connectivity index (χ4n) is 1.67. The Balaban J connectivity index is 2.67. The van der Waals surface area contributed by atoms with Crippen LogP contribution >= 0.6 is 0 Å². The summed E-state index contributed by atoms with van der Waals surface area (Å²) in [7, 11) is 0. The van der Waals surface area contributed by atoms with Gasteiger partial charge in [-0.1, -0.05) is 19.1 Å². The number of benzene rings is 1. The van der Waals surface area contributed by atoms with Crippen LogP contribution in [0.2, 0.25) is 0 Å². The molecule has 0 atom stereocenters. The van der Waals surface area contributed by atoms with Crippen LogP contribution in [-0.4, -0.2) is 25.5 Å². The lowest BCUT2D eigenvalue weighted by Gasteiger charge is -2.21. The lowest BCUT2D eigenvalue weighted by atomic mass is 10.2. The van der Waals surface area contributed by atoms with Gasteiger partial charge in [0.15, 0.2) is 0 Å². The van der Waals surface area contributed by atoms with E-state index in [1.165, 1.54) is 5.56 Å². The molecule has 0 saturated carbocycles. The fourth-order valence-corrected chi connectivity index (χ4v) is 1.67. The summed E-state index contributed by atoms with van der Waals surface area (Å²) >= 11 is 0. The van der Waals surface area contributed by atoms with Crippen molar-refractivity contribution in [2.75, 3.05) is 24.5 Å². The Labute approximate surface area is 103 Å². The number of carbonyl (C=O) groups is 1. The van der Waals surface area contributed by atoms with Gasteiger partial charge in [0.25, 0.3) is 0 Å². The predicted molar refractivity (Wildman–Crippen MR) is 70.9 cm³/mol. The molecule has 1 aromatic rings. The maximum absolute atomic E-state index is 10.9. The topological polar surface area (TPSA) is 58.4 Å². The van der Waals surface area contributed by atoms with Gasteiger partial charge in [-0.05, 0) is 31.2 Å². The van der Waals surface area contributed by atoms with Crippen molar-refractivity contribution in [3.05, 3.63) is 29.8 Å². The second kappa shape index (κ2) is 6.91. The average molecular weight is 235 g/mol. The van der Waals surface area contributed by atoms with Crippen LogP contribution in [0.3, 0.4) is 0 Å². The molecule has 17 heavy (non-hydrogen) atoms. The highest BCUT2D eigenvalue weighted by Gasteiger charge is 2.06. The summed E-state index contributed by atoms with van der Waals surface area (Å²) in [6.07, 6.45) is 0. The Hall–Kier alpha value is -1.55. The number of rotatable bonds is 7. The van der Waals surface area contributed by atoms with Crippen LogP contribution in [0.4, 0.5) is 5.69 Å². The van der Waals surface area contributed by atoms with Gasteiger partial charge in [0.2, 0.25) is 5.91 Å². The third-order valence-corrected chi connectivity index (χ3v) is 2.61. The summed E-state index contributed by atoms with van der Waals surface area (Å²) in [5, 5.41) is 3.27.